The van der Waals surface area contributed by atoms with Crippen molar-refractivity contribution in [3.05, 3.63) is 41.5 Å². The van der Waals surface area contributed by atoms with Gasteiger partial charge in [0.2, 0.25) is 0 Å². The van der Waals surface area contributed by atoms with Crippen molar-refractivity contribution in [2.45, 2.75) is 153 Å². The zero-order valence-electron chi connectivity index (χ0n) is 39.1. The molecule has 7 unspecified atom stereocenters. The maximum Gasteiger partial charge on any atom is 0.337 e. The van der Waals surface area contributed by atoms with Gasteiger partial charge in [0.1, 0.15) is 0 Å². The lowest BCUT2D eigenvalue weighted by Crippen LogP contribution is -2.61. The number of hydrogen-bond donors (Lipinski definition) is 2. The van der Waals surface area contributed by atoms with Gasteiger partial charge in [0, 0.05) is 23.6 Å². The van der Waals surface area contributed by atoms with Gasteiger partial charge in [0.25, 0.3) is 0 Å². The number of thioether (sulfide) groups is 1. The Balaban J connectivity index is 0.000000772. The molecule has 5 fully saturated rings. The third-order valence-electron chi connectivity index (χ3n) is 14.8. The lowest BCUT2D eigenvalue weighted by molar-refractivity contribution is -0.904. The summed E-state index contributed by atoms with van der Waals surface area (Å²) in [6.07, 6.45) is 18.0. The van der Waals surface area contributed by atoms with Crippen LogP contribution in [0.15, 0.2) is 30.3 Å². The Kier molecular flexibility index (Phi) is 21.4. The number of allylic oxidation sites excluding steroid dienone is 2. The van der Waals surface area contributed by atoms with Gasteiger partial charge in [-0.25, -0.2) is 4.79 Å². The van der Waals surface area contributed by atoms with Crippen LogP contribution in [0.5, 0.6) is 0 Å². The predicted molar refractivity (Wildman–Crippen MR) is 253 cm³/mol. The normalized spacial score (nSPS) is 32.6. The molecule has 6 aliphatic rings. The second kappa shape index (κ2) is 23.6. The number of methoxy groups -OCH3 is 1. The molecule has 0 amide bonds. The molecule has 4 saturated carbocycles. The summed E-state index contributed by atoms with van der Waals surface area (Å²) < 4.78 is 6.23. The summed E-state index contributed by atoms with van der Waals surface area (Å²) in [5.41, 5.74) is 4.36. The number of benzene rings is 1. The molecule has 6 heteroatoms. The van der Waals surface area contributed by atoms with E-state index < -0.39 is 0 Å². The fourth-order valence-electron chi connectivity index (χ4n) is 12.5. The SMILES string of the molecule is C.CC.CC(C)C.CCC.CNC.COC(=O)c1ccc(C2=CCC3(C)C4CCC5C(CCC6(NCC[N+]7(C)CCSCC7)CCC[C@H]56)C4CCC3C2(C)C)cc1. The first kappa shape index (κ1) is 51.8. The minimum absolute atomic E-state index is 0. The second-order valence-electron chi connectivity index (χ2n) is 19.9. The minimum Gasteiger partial charge on any atom is -0.465 e. The molecule has 0 radical (unpaired) electrons. The summed E-state index contributed by atoms with van der Waals surface area (Å²) in [5, 5.41) is 7.07. The number of ether oxygens (including phenoxy) is 1. The molecule has 0 spiro atoms. The quantitative estimate of drug-likeness (QED) is 0.221. The molecule has 1 saturated heterocycles. The Morgan fingerprint density at radius 2 is 1.44 bits per heavy atom. The van der Waals surface area contributed by atoms with E-state index >= 15 is 0 Å². The van der Waals surface area contributed by atoms with E-state index in [1.807, 2.05) is 40.1 Å². The molecule has 7 rings (SSSR count). The Morgan fingerprint density at radius 1 is 0.877 bits per heavy atom. The summed E-state index contributed by atoms with van der Waals surface area (Å²) in [5.74, 6) is 8.58. The number of rotatable bonds is 6. The molecule has 5 aliphatic carbocycles. The highest BCUT2D eigenvalue weighted by Crippen LogP contribution is 2.68. The number of quaternary nitrogens is 1. The average molecular weight is 813 g/mol. The van der Waals surface area contributed by atoms with Crippen LogP contribution in [0.2, 0.25) is 0 Å². The van der Waals surface area contributed by atoms with Crippen molar-refractivity contribution in [2.24, 2.45) is 52.3 Å². The molecule has 1 aliphatic heterocycles. The maximum atomic E-state index is 12.0. The summed E-state index contributed by atoms with van der Waals surface area (Å²) in [6.45, 7) is 27.7. The van der Waals surface area contributed by atoms with Gasteiger partial charge in [-0.3, -0.25) is 0 Å². The van der Waals surface area contributed by atoms with Crippen LogP contribution < -0.4 is 10.6 Å². The van der Waals surface area contributed by atoms with Gasteiger partial charge in [0.15, 0.2) is 0 Å². The zero-order valence-corrected chi connectivity index (χ0v) is 39.9. The van der Waals surface area contributed by atoms with Crippen LogP contribution in [0.1, 0.15) is 163 Å². The van der Waals surface area contributed by atoms with Crippen LogP contribution in [0.4, 0.5) is 0 Å². The van der Waals surface area contributed by atoms with Crippen molar-refractivity contribution in [3.8, 4) is 0 Å². The van der Waals surface area contributed by atoms with Crippen molar-refractivity contribution < 1.29 is 14.0 Å². The van der Waals surface area contributed by atoms with Crippen LogP contribution in [0.3, 0.4) is 0 Å². The standard InChI is InChI=1S/C39H59N2O2S.C4H10.C3H8.C2H7N.C2H6.CH4/c1-37(2)32(27-8-10-28(11-9-27)36(42)43-5)17-19-38(3)33-14-12-31-29(30(33)13-15-35(37)38)16-20-39(18-6-7-34(31)39)40-21-22-41(4)23-25-44-26-24-41;1-4(2)3;2*1-3-2;1-2;/h8-11,17,29-31,33-35,40H,6-7,12-16,18-26H2,1-5H3;4H,1-3H3;3H2,1-2H3;3H,1-2H3;1-2H3;1H4/q+1;;;;;/t29?,30?,31?,33?,34-,35?,38?,39?;;;;;/m1...../s1. The van der Waals surface area contributed by atoms with Crippen molar-refractivity contribution >= 4 is 23.3 Å². The average Bonchev–Trinajstić information content (AvgIpc) is 3.60. The monoisotopic (exact) mass is 813 g/mol. The van der Waals surface area contributed by atoms with Gasteiger partial charge in [-0.05, 0) is 147 Å². The number of carbonyl (C=O) groups is 1. The van der Waals surface area contributed by atoms with Gasteiger partial charge >= 0.3 is 5.97 Å². The number of fused-ring (bicyclic) bond motifs is 7. The molecule has 0 bridgehead atoms. The van der Waals surface area contributed by atoms with Crippen LogP contribution in [0.25, 0.3) is 5.57 Å². The van der Waals surface area contributed by atoms with E-state index in [-0.39, 0.29) is 18.8 Å². The highest BCUT2D eigenvalue weighted by atomic mass is 32.2. The first-order valence-electron chi connectivity index (χ1n) is 23.3. The van der Waals surface area contributed by atoms with E-state index in [4.69, 9.17) is 4.74 Å². The summed E-state index contributed by atoms with van der Waals surface area (Å²) in [7, 11) is 7.71. The lowest BCUT2D eigenvalue weighted by atomic mass is 9.41. The van der Waals surface area contributed by atoms with E-state index in [9.17, 15) is 4.79 Å². The van der Waals surface area contributed by atoms with E-state index in [0.717, 1.165) is 35.5 Å². The number of nitrogens with one attached hydrogen (secondary N) is 2. The highest BCUT2D eigenvalue weighted by Gasteiger charge is 2.61. The molecular weight excluding hydrogens is 719 g/mol. The van der Waals surface area contributed by atoms with E-state index in [2.05, 4.69) is 103 Å². The topological polar surface area (TPSA) is 50.4 Å². The molecule has 0 aromatic heterocycles. The molecule has 5 nitrogen and oxygen atoms in total. The highest BCUT2D eigenvalue weighted by molar-refractivity contribution is 7.99. The number of nitrogens with zero attached hydrogens (tertiary/aromatic N) is 1. The Morgan fingerprint density at radius 3 is 2.02 bits per heavy atom. The van der Waals surface area contributed by atoms with E-state index in [1.54, 1.807) is 0 Å². The number of esters is 1. The Bertz CT molecular complexity index is 1330. The second-order valence-corrected chi connectivity index (χ2v) is 21.1. The molecule has 57 heavy (non-hydrogen) atoms. The number of hydrogen-bond acceptors (Lipinski definition) is 5. The molecule has 1 aromatic carbocycles. The van der Waals surface area contributed by atoms with Gasteiger partial charge in [0.05, 0.1) is 39.4 Å². The van der Waals surface area contributed by atoms with Crippen LogP contribution in [0, 0.1) is 52.3 Å². The first-order valence-corrected chi connectivity index (χ1v) is 24.5. The molecule has 8 atom stereocenters. The van der Waals surface area contributed by atoms with Crippen LogP contribution in [-0.2, 0) is 4.74 Å². The molecule has 2 N–H and O–H groups in total. The first-order chi connectivity index (χ1) is 26.7. The summed E-state index contributed by atoms with van der Waals surface area (Å²) >= 11 is 2.15. The van der Waals surface area contributed by atoms with E-state index in [0.29, 0.717) is 22.4 Å². The van der Waals surface area contributed by atoms with Crippen molar-refractivity contribution in [3.63, 3.8) is 0 Å². The maximum absolute atomic E-state index is 12.0. The third kappa shape index (κ3) is 12.2. The van der Waals surface area contributed by atoms with Gasteiger partial charge in [-0.15, -0.1) is 0 Å². The molecule has 1 aromatic rings. The largest absolute Gasteiger partial charge is 0.465 e. The predicted octanol–water partition coefficient (Wildman–Crippen LogP) is 12.7. The van der Waals surface area contributed by atoms with E-state index in [1.165, 1.54) is 131 Å². The minimum atomic E-state index is -0.254. The fraction of sp³-hybridized carbons (Fsp3) is 0.824. The fourth-order valence-corrected chi connectivity index (χ4v) is 13.9. The van der Waals surface area contributed by atoms with Crippen molar-refractivity contribution in [1.82, 2.24) is 10.6 Å². The zero-order chi connectivity index (χ0) is 41.7. The summed E-state index contributed by atoms with van der Waals surface area (Å²) in [6, 6.07) is 8.19. The Hall–Kier alpha value is -1.34. The smallest absolute Gasteiger partial charge is 0.337 e. The molecule has 1 heterocycles. The number of carbonyl (C=O) groups excluding carboxylic acids is 1. The lowest BCUT2D eigenvalue weighted by Gasteiger charge is -2.64. The van der Waals surface area contributed by atoms with Gasteiger partial charge in [-0.1, -0.05) is 108 Å². The van der Waals surface area contributed by atoms with Gasteiger partial charge < -0.3 is 19.9 Å². The van der Waals surface area contributed by atoms with Crippen LogP contribution >= 0.6 is 11.8 Å². The number of likely N-dealkylation sites (N-methyl/N-ethyl adjacent to an activating group) is 1. The van der Waals surface area contributed by atoms with Crippen LogP contribution in [-0.4, -0.2) is 81.9 Å². The Labute approximate surface area is 359 Å². The third-order valence-corrected chi connectivity index (χ3v) is 15.7. The van der Waals surface area contributed by atoms with Gasteiger partial charge in [-0.2, -0.15) is 11.8 Å². The van der Waals surface area contributed by atoms with Crippen molar-refractivity contribution in [2.75, 3.05) is 65.9 Å². The molecular formula is C51H94N3O2S+. The summed E-state index contributed by atoms with van der Waals surface area (Å²) in [4.78, 5) is 12.0. The molecule has 330 valence electrons. The van der Waals surface area contributed by atoms with Crippen molar-refractivity contribution in [1.29, 1.82) is 0 Å².